The number of fused-ring (bicyclic) bond motifs is 1. The summed E-state index contributed by atoms with van der Waals surface area (Å²) in [5.74, 6) is 1.21. The van der Waals surface area contributed by atoms with Crippen LogP contribution in [-0.2, 0) is 0 Å². The minimum Gasteiger partial charge on any atom is -0.502 e. The first kappa shape index (κ1) is 24.4. The normalized spacial score (nSPS) is 10.6. The summed E-state index contributed by atoms with van der Waals surface area (Å²) < 4.78 is 21.2. The van der Waals surface area contributed by atoms with Crippen molar-refractivity contribution >= 4 is 28.4 Å². The molecule has 4 aromatic rings. The zero-order valence-corrected chi connectivity index (χ0v) is 20.5. The maximum atomic E-state index is 13.0. The van der Waals surface area contributed by atoms with Gasteiger partial charge in [-0.2, -0.15) is 0 Å². The van der Waals surface area contributed by atoms with Crippen molar-refractivity contribution in [2.45, 2.75) is 0 Å². The summed E-state index contributed by atoms with van der Waals surface area (Å²) in [5, 5.41) is 16.7. The van der Waals surface area contributed by atoms with Crippen LogP contribution in [-0.4, -0.2) is 56.5 Å². The van der Waals surface area contributed by atoms with Crippen LogP contribution in [0.15, 0.2) is 48.5 Å². The van der Waals surface area contributed by atoms with Gasteiger partial charge in [0.2, 0.25) is 11.7 Å². The second-order valence-corrected chi connectivity index (χ2v) is 7.63. The van der Waals surface area contributed by atoms with Crippen LogP contribution >= 0.6 is 0 Å². The third-order valence-electron chi connectivity index (χ3n) is 5.56. The van der Waals surface area contributed by atoms with Crippen molar-refractivity contribution in [2.24, 2.45) is 0 Å². The topological polar surface area (TPSA) is 124 Å². The molecule has 10 heteroatoms. The van der Waals surface area contributed by atoms with Crippen molar-refractivity contribution in [2.75, 3.05) is 46.1 Å². The second-order valence-electron chi connectivity index (χ2n) is 7.63. The lowest BCUT2D eigenvalue weighted by Gasteiger charge is -2.14. The molecule has 0 fully saturated rings. The van der Waals surface area contributed by atoms with Crippen molar-refractivity contribution in [1.29, 1.82) is 0 Å². The summed E-state index contributed by atoms with van der Waals surface area (Å²) in [6.07, 6.45) is 0. The zero-order chi connectivity index (χ0) is 25.8. The van der Waals surface area contributed by atoms with Gasteiger partial charge in [-0.1, -0.05) is 12.1 Å². The van der Waals surface area contributed by atoms with Gasteiger partial charge < -0.3 is 34.7 Å². The Morgan fingerprint density at radius 1 is 0.833 bits per heavy atom. The predicted molar refractivity (Wildman–Crippen MR) is 137 cm³/mol. The van der Waals surface area contributed by atoms with E-state index in [0.717, 1.165) is 10.9 Å². The van der Waals surface area contributed by atoms with Crippen molar-refractivity contribution in [3.8, 4) is 40.0 Å². The Morgan fingerprint density at radius 3 is 2.08 bits per heavy atom. The average Bonchev–Trinajstić information content (AvgIpc) is 2.91. The fourth-order valence-corrected chi connectivity index (χ4v) is 3.76. The molecule has 0 aliphatic carbocycles. The van der Waals surface area contributed by atoms with E-state index in [2.05, 4.69) is 20.6 Å². The molecular formula is C26H26N4O6. The van der Waals surface area contributed by atoms with E-state index in [1.54, 1.807) is 33.4 Å². The number of rotatable bonds is 8. The maximum absolute atomic E-state index is 13.0. The van der Waals surface area contributed by atoms with E-state index in [4.69, 9.17) is 18.9 Å². The quantitative estimate of drug-likeness (QED) is 0.331. The Bertz CT molecular complexity index is 1410. The van der Waals surface area contributed by atoms with Crippen molar-refractivity contribution in [3.63, 3.8) is 0 Å². The van der Waals surface area contributed by atoms with Crippen LogP contribution in [0.25, 0.3) is 22.2 Å². The van der Waals surface area contributed by atoms with Gasteiger partial charge in [-0.15, -0.1) is 0 Å². The Kier molecular flexibility index (Phi) is 6.95. The SMILES string of the molecule is CNc1nc(-c2cccc(NC(=O)c3cc(OC)c(O)c(OC)c3)c2)c2cc(OC)c(OC)cc2n1. The van der Waals surface area contributed by atoms with Gasteiger partial charge in [-0.3, -0.25) is 4.79 Å². The highest BCUT2D eigenvalue weighted by molar-refractivity contribution is 6.05. The van der Waals surface area contributed by atoms with E-state index < -0.39 is 5.91 Å². The maximum Gasteiger partial charge on any atom is 0.255 e. The van der Waals surface area contributed by atoms with Crippen LogP contribution in [0, 0.1) is 0 Å². The molecular weight excluding hydrogens is 464 g/mol. The van der Waals surface area contributed by atoms with Gasteiger partial charge >= 0.3 is 0 Å². The van der Waals surface area contributed by atoms with E-state index in [9.17, 15) is 9.90 Å². The van der Waals surface area contributed by atoms with Gasteiger partial charge in [-0.05, 0) is 30.3 Å². The molecule has 0 aliphatic heterocycles. The lowest BCUT2D eigenvalue weighted by molar-refractivity contribution is 0.102. The number of methoxy groups -OCH3 is 4. The standard InChI is InChI=1S/C26H26N4O6/c1-27-26-29-18-13-20(34-3)19(33-2)12-17(18)23(30-26)14-7-6-8-16(9-14)28-25(32)15-10-21(35-4)24(31)22(11-15)36-5/h6-13,31H,1-5H3,(H,28,32)(H,27,29,30). The Labute approximate surface area is 207 Å². The van der Waals surface area contributed by atoms with Gasteiger partial charge in [0.1, 0.15) is 0 Å². The molecule has 3 N–H and O–H groups in total. The minimum absolute atomic E-state index is 0.129. The molecule has 0 radical (unpaired) electrons. The molecule has 0 saturated heterocycles. The van der Waals surface area contributed by atoms with Crippen LogP contribution in [0.3, 0.4) is 0 Å². The third kappa shape index (κ3) is 4.61. The molecule has 1 aromatic heterocycles. The van der Waals surface area contributed by atoms with Gasteiger partial charge in [0.15, 0.2) is 23.0 Å². The second kappa shape index (κ2) is 10.3. The molecule has 0 saturated carbocycles. The number of hydrogen-bond acceptors (Lipinski definition) is 9. The van der Waals surface area contributed by atoms with Crippen LogP contribution in [0.5, 0.6) is 28.7 Å². The summed E-state index contributed by atoms with van der Waals surface area (Å²) in [6, 6.07) is 13.8. The number of carbonyl (C=O) groups is 1. The number of amides is 1. The first-order valence-corrected chi connectivity index (χ1v) is 10.9. The van der Waals surface area contributed by atoms with Crippen molar-refractivity contribution in [3.05, 3.63) is 54.1 Å². The van der Waals surface area contributed by atoms with E-state index in [1.807, 2.05) is 24.3 Å². The molecule has 186 valence electrons. The summed E-state index contributed by atoms with van der Waals surface area (Å²) in [7, 11) is 7.67. The summed E-state index contributed by atoms with van der Waals surface area (Å²) in [4.78, 5) is 22.2. The molecule has 3 aromatic carbocycles. The summed E-state index contributed by atoms with van der Waals surface area (Å²) >= 11 is 0. The number of ether oxygens (including phenoxy) is 4. The third-order valence-corrected chi connectivity index (χ3v) is 5.56. The van der Waals surface area contributed by atoms with Gasteiger partial charge in [0.25, 0.3) is 5.91 Å². The number of carbonyl (C=O) groups excluding carboxylic acids is 1. The summed E-state index contributed by atoms with van der Waals surface area (Å²) in [5.41, 5.74) is 2.87. The number of nitrogens with one attached hydrogen (secondary N) is 2. The monoisotopic (exact) mass is 490 g/mol. The van der Waals surface area contributed by atoms with Gasteiger partial charge in [-0.25, -0.2) is 9.97 Å². The molecule has 36 heavy (non-hydrogen) atoms. The van der Waals surface area contributed by atoms with E-state index in [1.165, 1.54) is 26.4 Å². The highest BCUT2D eigenvalue weighted by atomic mass is 16.5. The van der Waals surface area contributed by atoms with Gasteiger partial charge in [0.05, 0.1) is 39.6 Å². The smallest absolute Gasteiger partial charge is 0.255 e. The number of phenolic OH excluding ortho intramolecular Hbond substituents is 1. The molecule has 4 rings (SSSR count). The fraction of sp³-hybridized carbons (Fsp3) is 0.192. The molecule has 0 atom stereocenters. The largest absolute Gasteiger partial charge is 0.502 e. The van der Waals surface area contributed by atoms with Gasteiger partial charge in [0, 0.05) is 35.3 Å². The number of hydrogen-bond donors (Lipinski definition) is 3. The fourth-order valence-electron chi connectivity index (χ4n) is 3.76. The minimum atomic E-state index is -0.404. The Hall–Kier alpha value is -4.73. The van der Waals surface area contributed by atoms with E-state index in [-0.39, 0.29) is 22.8 Å². The highest BCUT2D eigenvalue weighted by Crippen LogP contribution is 2.38. The summed E-state index contributed by atoms with van der Waals surface area (Å²) in [6.45, 7) is 0. The average molecular weight is 491 g/mol. The Balaban J connectivity index is 1.75. The Morgan fingerprint density at radius 2 is 1.47 bits per heavy atom. The molecule has 1 heterocycles. The van der Waals surface area contributed by atoms with Crippen LogP contribution in [0.1, 0.15) is 10.4 Å². The number of nitrogens with zero attached hydrogens (tertiary/aromatic N) is 2. The lowest BCUT2D eigenvalue weighted by atomic mass is 10.0. The molecule has 0 unspecified atom stereocenters. The molecule has 0 aliphatic rings. The predicted octanol–water partition coefficient (Wildman–Crippen LogP) is 4.33. The molecule has 0 bridgehead atoms. The number of anilines is 2. The van der Waals surface area contributed by atoms with Crippen LogP contribution in [0.2, 0.25) is 0 Å². The van der Waals surface area contributed by atoms with Crippen LogP contribution in [0.4, 0.5) is 11.6 Å². The number of aromatic nitrogens is 2. The van der Waals surface area contributed by atoms with Crippen molar-refractivity contribution in [1.82, 2.24) is 9.97 Å². The highest BCUT2D eigenvalue weighted by Gasteiger charge is 2.18. The number of aromatic hydroxyl groups is 1. The molecule has 1 amide bonds. The number of phenols is 1. The van der Waals surface area contributed by atoms with Crippen LogP contribution < -0.4 is 29.6 Å². The number of benzene rings is 3. The van der Waals surface area contributed by atoms with Crippen molar-refractivity contribution < 1.29 is 28.8 Å². The first-order chi connectivity index (χ1) is 17.4. The zero-order valence-electron chi connectivity index (χ0n) is 20.5. The first-order valence-electron chi connectivity index (χ1n) is 10.9. The van der Waals surface area contributed by atoms with E-state index >= 15 is 0 Å². The molecule has 10 nitrogen and oxygen atoms in total. The molecule has 0 spiro atoms. The van der Waals surface area contributed by atoms with E-state index in [0.29, 0.717) is 34.3 Å². The lowest BCUT2D eigenvalue weighted by Crippen LogP contribution is -2.12.